The second-order valence-corrected chi connectivity index (χ2v) is 6.11. The Morgan fingerprint density at radius 1 is 1.41 bits per heavy atom. The minimum absolute atomic E-state index is 0.00906. The van der Waals surface area contributed by atoms with Gasteiger partial charge in [0.15, 0.2) is 0 Å². The fraction of sp³-hybridized carbons (Fsp3) is 0.611. The van der Waals surface area contributed by atoms with Gasteiger partial charge in [-0.3, -0.25) is 4.79 Å². The number of nitrogens with zero attached hydrogens (tertiary/aromatic N) is 1. The van der Waals surface area contributed by atoms with Crippen LogP contribution < -0.4 is 0 Å². The molecule has 1 saturated heterocycles. The van der Waals surface area contributed by atoms with Crippen molar-refractivity contribution in [1.29, 1.82) is 0 Å². The average molecular weight is 305 g/mol. The van der Waals surface area contributed by atoms with E-state index in [1.165, 1.54) is 5.56 Å². The Kier molecular flexibility index (Phi) is 6.40. The fourth-order valence-corrected chi connectivity index (χ4v) is 2.97. The maximum Gasteiger partial charge on any atom is 0.310 e. The van der Waals surface area contributed by atoms with Crippen molar-refractivity contribution in [3.8, 4) is 0 Å². The second-order valence-electron chi connectivity index (χ2n) is 6.11. The number of carbonyl (C=O) groups excluding carboxylic acids is 1. The molecule has 0 aliphatic carbocycles. The average Bonchev–Trinajstić information content (AvgIpc) is 2.54. The molecule has 1 aromatic rings. The minimum Gasteiger partial charge on any atom is -0.466 e. The van der Waals surface area contributed by atoms with Crippen LogP contribution in [0.4, 0.5) is 0 Å². The third-order valence-electron chi connectivity index (χ3n) is 4.31. The molecule has 1 heterocycles. The lowest BCUT2D eigenvalue weighted by Crippen LogP contribution is -2.40. The first-order valence-corrected chi connectivity index (χ1v) is 8.23. The van der Waals surface area contributed by atoms with Gasteiger partial charge >= 0.3 is 5.97 Å². The number of rotatable bonds is 6. The molecule has 122 valence electrons. The summed E-state index contributed by atoms with van der Waals surface area (Å²) in [5.74, 6) is -0.0866. The maximum absolute atomic E-state index is 11.8. The summed E-state index contributed by atoms with van der Waals surface area (Å²) in [6, 6.07) is 8.02. The molecule has 1 N–H and O–H groups in total. The van der Waals surface area contributed by atoms with E-state index in [1.807, 2.05) is 38.1 Å². The van der Waals surface area contributed by atoms with E-state index in [1.54, 1.807) is 0 Å². The molecule has 2 atom stereocenters. The molecule has 1 aliphatic rings. The number of aryl methyl sites for hydroxylation is 1. The van der Waals surface area contributed by atoms with E-state index in [2.05, 4.69) is 4.90 Å². The predicted molar refractivity (Wildman–Crippen MR) is 86.6 cm³/mol. The molecule has 2 unspecified atom stereocenters. The number of ether oxygens (including phenoxy) is 1. The lowest BCUT2D eigenvalue weighted by Gasteiger charge is -2.32. The highest BCUT2D eigenvalue weighted by Gasteiger charge is 2.26. The largest absolute Gasteiger partial charge is 0.466 e. The smallest absolute Gasteiger partial charge is 0.310 e. The SMILES string of the molecule is CCOC(=O)C1CCCN(CCC(O)c2ccc(C)cc2)C1. The van der Waals surface area contributed by atoms with E-state index in [4.69, 9.17) is 4.74 Å². The summed E-state index contributed by atoms with van der Waals surface area (Å²) in [5.41, 5.74) is 2.16. The zero-order valence-corrected chi connectivity index (χ0v) is 13.6. The van der Waals surface area contributed by atoms with Crippen LogP contribution >= 0.6 is 0 Å². The second kappa shape index (κ2) is 8.30. The van der Waals surface area contributed by atoms with Crippen molar-refractivity contribution in [2.75, 3.05) is 26.2 Å². The molecule has 2 rings (SSSR count). The topological polar surface area (TPSA) is 49.8 Å². The van der Waals surface area contributed by atoms with Crippen molar-refractivity contribution in [3.05, 3.63) is 35.4 Å². The number of aliphatic hydroxyl groups excluding tert-OH is 1. The number of esters is 1. The summed E-state index contributed by atoms with van der Waals surface area (Å²) >= 11 is 0. The van der Waals surface area contributed by atoms with Gasteiger partial charge in [0.25, 0.3) is 0 Å². The molecule has 0 saturated carbocycles. The number of piperidine rings is 1. The highest BCUT2D eigenvalue weighted by Crippen LogP contribution is 2.21. The fourth-order valence-electron chi connectivity index (χ4n) is 2.97. The van der Waals surface area contributed by atoms with Gasteiger partial charge in [-0.25, -0.2) is 0 Å². The monoisotopic (exact) mass is 305 g/mol. The van der Waals surface area contributed by atoms with Crippen molar-refractivity contribution in [2.45, 2.75) is 39.2 Å². The van der Waals surface area contributed by atoms with E-state index in [0.29, 0.717) is 13.0 Å². The minimum atomic E-state index is -0.441. The maximum atomic E-state index is 11.8. The number of hydrogen-bond acceptors (Lipinski definition) is 4. The zero-order chi connectivity index (χ0) is 15.9. The summed E-state index contributed by atoms with van der Waals surface area (Å²) in [7, 11) is 0. The Labute approximate surface area is 133 Å². The van der Waals surface area contributed by atoms with Crippen molar-refractivity contribution < 1.29 is 14.6 Å². The number of aliphatic hydroxyl groups is 1. The van der Waals surface area contributed by atoms with Crippen LogP contribution in [0.1, 0.15) is 43.4 Å². The Morgan fingerprint density at radius 2 is 2.14 bits per heavy atom. The van der Waals surface area contributed by atoms with Crippen LogP contribution in [0.3, 0.4) is 0 Å². The normalized spacial score (nSPS) is 20.6. The molecule has 1 aromatic carbocycles. The molecule has 0 spiro atoms. The molecule has 0 amide bonds. The molecule has 0 bridgehead atoms. The van der Waals surface area contributed by atoms with Gasteiger partial charge in [0.2, 0.25) is 0 Å². The Balaban J connectivity index is 1.80. The Hall–Kier alpha value is -1.39. The van der Waals surface area contributed by atoms with E-state index >= 15 is 0 Å². The van der Waals surface area contributed by atoms with Crippen molar-refractivity contribution in [1.82, 2.24) is 4.90 Å². The van der Waals surface area contributed by atoms with Crippen LogP contribution in [0, 0.1) is 12.8 Å². The van der Waals surface area contributed by atoms with Crippen molar-refractivity contribution in [3.63, 3.8) is 0 Å². The number of likely N-dealkylation sites (tertiary alicyclic amines) is 1. The Bertz CT molecular complexity index is 472. The van der Waals surface area contributed by atoms with Crippen molar-refractivity contribution >= 4 is 5.97 Å². The third-order valence-corrected chi connectivity index (χ3v) is 4.31. The lowest BCUT2D eigenvalue weighted by atomic mass is 9.97. The first kappa shape index (κ1) is 17.0. The molecular formula is C18H27NO3. The van der Waals surface area contributed by atoms with Crippen molar-refractivity contribution in [2.24, 2.45) is 5.92 Å². The third kappa shape index (κ3) is 4.82. The van der Waals surface area contributed by atoms with Gasteiger partial charge in [0.1, 0.15) is 0 Å². The molecular weight excluding hydrogens is 278 g/mol. The summed E-state index contributed by atoms with van der Waals surface area (Å²) < 4.78 is 5.12. The van der Waals surface area contributed by atoms with Crippen LogP contribution in [-0.2, 0) is 9.53 Å². The molecule has 4 nitrogen and oxygen atoms in total. The van der Waals surface area contributed by atoms with Gasteiger partial charge < -0.3 is 14.7 Å². The number of hydrogen-bond donors (Lipinski definition) is 1. The van der Waals surface area contributed by atoms with Crippen LogP contribution in [0.25, 0.3) is 0 Å². The van der Waals surface area contributed by atoms with Crippen LogP contribution in [0.5, 0.6) is 0 Å². The van der Waals surface area contributed by atoms with E-state index in [9.17, 15) is 9.90 Å². The molecule has 22 heavy (non-hydrogen) atoms. The van der Waals surface area contributed by atoms with Gasteiger partial charge in [0.05, 0.1) is 18.6 Å². The van der Waals surface area contributed by atoms with Crippen LogP contribution in [0.15, 0.2) is 24.3 Å². The summed E-state index contributed by atoms with van der Waals surface area (Å²) in [5, 5.41) is 10.3. The zero-order valence-electron chi connectivity index (χ0n) is 13.6. The predicted octanol–water partition coefficient (Wildman–Crippen LogP) is 2.69. The summed E-state index contributed by atoms with van der Waals surface area (Å²) in [6.45, 7) is 6.89. The molecule has 1 aliphatic heterocycles. The van der Waals surface area contributed by atoms with Gasteiger partial charge in [-0.05, 0) is 45.2 Å². The highest BCUT2D eigenvalue weighted by atomic mass is 16.5. The summed E-state index contributed by atoms with van der Waals surface area (Å²) in [4.78, 5) is 14.1. The number of benzene rings is 1. The molecule has 1 fully saturated rings. The quantitative estimate of drug-likeness (QED) is 0.821. The molecule has 4 heteroatoms. The van der Waals surface area contributed by atoms with E-state index in [0.717, 1.165) is 38.0 Å². The number of carbonyl (C=O) groups is 1. The van der Waals surface area contributed by atoms with Gasteiger partial charge in [-0.15, -0.1) is 0 Å². The van der Waals surface area contributed by atoms with Gasteiger partial charge in [0, 0.05) is 13.1 Å². The van der Waals surface area contributed by atoms with Gasteiger partial charge in [-0.2, -0.15) is 0 Å². The lowest BCUT2D eigenvalue weighted by molar-refractivity contribution is -0.149. The van der Waals surface area contributed by atoms with Crippen LogP contribution in [0.2, 0.25) is 0 Å². The molecule has 0 aromatic heterocycles. The summed E-state index contributed by atoms with van der Waals surface area (Å²) in [6.07, 6.45) is 2.18. The Morgan fingerprint density at radius 3 is 2.82 bits per heavy atom. The standard InChI is InChI=1S/C18H27NO3/c1-3-22-18(21)16-5-4-11-19(13-16)12-10-17(20)15-8-6-14(2)7-9-15/h6-9,16-17,20H,3-5,10-13H2,1-2H3. The molecule has 0 radical (unpaired) electrons. The first-order chi connectivity index (χ1) is 10.6. The van der Waals surface area contributed by atoms with E-state index < -0.39 is 6.10 Å². The van der Waals surface area contributed by atoms with Crippen LogP contribution in [-0.4, -0.2) is 42.2 Å². The first-order valence-electron chi connectivity index (χ1n) is 8.23. The highest BCUT2D eigenvalue weighted by molar-refractivity contribution is 5.72. The van der Waals surface area contributed by atoms with E-state index in [-0.39, 0.29) is 11.9 Å². The van der Waals surface area contributed by atoms with Gasteiger partial charge in [-0.1, -0.05) is 29.8 Å².